The number of carbonyl (C=O) groups excluding carboxylic acids is 1. The molecule has 0 saturated carbocycles. The molecule has 0 radical (unpaired) electrons. The van der Waals surface area contributed by atoms with Crippen LogP contribution in [0.15, 0.2) is 36.4 Å². The van der Waals surface area contributed by atoms with Crippen LogP contribution < -0.4 is 15.2 Å². The van der Waals surface area contributed by atoms with E-state index >= 15 is 0 Å². The minimum absolute atomic E-state index is 0.0291. The van der Waals surface area contributed by atoms with Gasteiger partial charge in [0.05, 0.1) is 0 Å². The number of esters is 1. The van der Waals surface area contributed by atoms with Crippen LogP contribution in [0.5, 0.6) is 11.5 Å². The molecule has 0 bridgehead atoms. The summed E-state index contributed by atoms with van der Waals surface area (Å²) in [6.07, 6.45) is 8.35. The highest BCUT2D eigenvalue weighted by atomic mass is 16.7. The number of allylic oxidation sites excluding steroid dienone is 1. The summed E-state index contributed by atoms with van der Waals surface area (Å²) in [5.74, 6) is 0.218. The van der Waals surface area contributed by atoms with Crippen molar-refractivity contribution in [3.05, 3.63) is 47.6 Å². The smallest absolute Gasteiger partial charge is 0.342 e. The monoisotopic (exact) mass is 446 g/mol. The molecule has 0 unspecified atom stereocenters. The summed E-state index contributed by atoms with van der Waals surface area (Å²) < 4.78 is 27.7. The first kappa shape index (κ1) is 25.6. The molecule has 0 amide bonds. The number of benzene rings is 1. The van der Waals surface area contributed by atoms with Crippen molar-refractivity contribution in [2.45, 2.75) is 52.2 Å². The number of nitrogens with one attached hydrogen (secondary N) is 1. The zero-order valence-corrected chi connectivity index (χ0v) is 19.1. The van der Waals surface area contributed by atoms with Crippen LogP contribution in [0.25, 0.3) is 0 Å². The topological polar surface area (TPSA) is 113 Å². The fraction of sp³-hybridized carbons (Fsp3) is 0.500. The minimum Gasteiger partial charge on any atom is -0.467 e. The summed E-state index contributed by atoms with van der Waals surface area (Å²) in [5.41, 5.74) is 7.20. The van der Waals surface area contributed by atoms with Gasteiger partial charge in [-0.25, -0.2) is 4.79 Å². The van der Waals surface area contributed by atoms with E-state index in [4.69, 9.17) is 34.8 Å². The highest BCUT2D eigenvalue weighted by molar-refractivity contribution is 5.99. The fourth-order valence-corrected chi connectivity index (χ4v) is 3.04. The van der Waals surface area contributed by atoms with Crippen LogP contribution >= 0.6 is 0 Å². The van der Waals surface area contributed by atoms with Gasteiger partial charge in [-0.2, -0.15) is 0 Å². The van der Waals surface area contributed by atoms with E-state index in [0.29, 0.717) is 43.1 Å². The molecule has 0 fully saturated rings. The molecule has 176 valence electrons. The first-order valence-corrected chi connectivity index (χ1v) is 10.9. The number of hydrogen-bond donors (Lipinski definition) is 2. The molecular formula is C24H34N2O6. The normalized spacial score (nSPS) is 21.8. The number of nitrogens with two attached hydrogens (primary N) is 1. The van der Waals surface area contributed by atoms with E-state index in [-0.39, 0.29) is 43.5 Å². The summed E-state index contributed by atoms with van der Waals surface area (Å²) in [5, 5.41) is 8.37. The van der Waals surface area contributed by atoms with E-state index in [1.807, 2.05) is 39.0 Å². The van der Waals surface area contributed by atoms with Crippen LogP contribution in [0.1, 0.15) is 49.5 Å². The SMILES string of the molecule is CCOCOc1cc2c(c(OCOCC)c1)C(=O)O[C@H](C)C/C=C/[C@@H](N)C/C=C/C(=N)C2. The molecule has 32 heavy (non-hydrogen) atoms. The molecule has 3 N–H and O–H groups in total. The van der Waals surface area contributed by atoms with Crippen molar-refractivity contribution < 1.29 is 28.5 Å². The van der Waals surface area contributed by atoms with Crippen LogP contribution in [0.4, 0.5) is 0 Å². The second-order valence-corrected chi connectivity index (χ2v) is 7.35. The van der Waals surface area contributed by atoms with Gasteiger partial charge in [0.1, 0.15) is 23.2 Å². The Morgan fingerprint density at radius 2 is 1.81 bits per heavy atom. The minimum atomic E-state index is -0.526. The number of hydrogen-bond acceptors (Lipinski definition) is 8. The first-order chi connectivity index (χ1) is 15.4. The Morgan fingerprint density at radius 3 is 2.53 bits per heavy atom. The summed E-state index contributed by atoms with van der Waals surface area (Å²) in [4.78, 5) is 13.1. The Labute approximate surface area is 189 Å². The quantitative estimate of drug-likeness (QED) is 0.270. The van der Waals surface area contributed by atoms with Gasteiger partial charge in [-0.1, -0.05) is 18.2 Å². The van der Waals surface area contributed by atoms with E-state index in [9.17, 15) is 4.79 Å². The Bertz CT molecular complexity index is 821. The molecule has 0 spiro atoms. The number of ether oxygens (including phenoxy) is 5. The Hall–Kier alpha value is -2.68. The van der Waals surface area contributed by atoms with E-state index < -0.39 is 5.97 Å². The molecule has 1 aromatic carbocycles. The standard InChI is InChI=1S/C24H34N2O6/c1-4-28-15-30-21-13-18-12-20(26)11-7-10-19(25)9-6-8-17(3)32-24(27)23(18)22(14-21)31-16-29-5-2/h6-7,9,11,13-14,17,19,26H,4-5,8,10,12,15-16,25H2,1-3H3/b9-6+,11-7+,26-20?/t17-,19-/m1/s1. The molecule has 0 saturated heterocycles. The summed E-state index contributed by atoms with van der Waals surface area (Å²) in [6, 6.07) is 3.17. The highest BCUT2D eigenvalue weighted by Crippen LogP contribution is 2.31. The third kappa shape index (κ3) is 8.45. The molecule has 8 nitrogen and oxygen atoms in total. The molecule has 0 aliphatic carbocycles. The van der Waals surface area contributed by atoms with Crippen LogP contribution in [0.2, 0.25) is 0 Å². The lowest BCUT2D eigenvalue weighted by molar-refractivity contribution is 0.0161. The number of carbonyl (C=O) groups is 1. The third-order valence-electron chi connectivity index (χ3n) is 4.64. The van der Waals surface area contributed by atoms with Gasteiger partial charge in [-0.3, -0.25) is 0 Å². The van der Waals surface area contributed by atoms with Crippen molar-refractivity contribution >= 4 is 11.7 Å². The zero-order valence-electron chi connectivity index (χ0n) is 19.1. The lowest BCUT2D eigenvalue weighted by Crippen LogP contribution is -2.20. The maximum Gasteiger partial charge on any atom is 0.342 e. The van der Waals surface area contributed by atoms with Gasteiger partial charge in [0.15, 0.2) is 13.6 Å². The lowest BCUT2D eigenvalue weighted by Gasteiger charge is -2.19. The van der Waals surface area contributed by atoms with E-state index in [0.717, 1.165) is 0 Å². The van der Waals surface area contributed by atoms with Crippen LogP contribution in [-0.2, 0) is 20.6 Å². The average molecular weight is 447 g/mol. The molecule has 1 aromatic rings. The zero-order chi connectivity index (χ0) is 23.3. The van der Waals surface area contributed by atoms with Gasteiger partial charge in [-0.15, -0.1) is 0 Å². The average Bonchev–Trinajstić information content (AvgIpc) is 2.73. The molecule has 1 heterocycles. The molecule has 8 heteroatoms. The molecule has 2 rings (SSSR count). The van der Waals surface area contributed by atoms with Crippen molar-refractivity contribution in [3.8, 4) is 11.5 Å². The van der Waals surface area contributed by atoms with Gasteiger partial charge in [0.25, 0.3) is 0 Å². The van der Waals surface area contributed by atoms with Crippen LogP contribution in [0.3, 0.4) is 0 Å². The maximum atomic E-state index is 13.1. The van der Waals surface area contributed by atoms with Gasteiger partial charge in [0.2, 0.25) is 0 Å². The molecular weight excluding hydrogens is 412 g/mol. The second-order valence-electron chi connectivity index (χ2n) is 7.35. The second kappa shape index (κ2) is 13.7. The Morgan fingerprint density at radius 1 is 1.09 bits per heavy atom. The number of cyclic esters (lactones) is 1. The largest absolute Gasteiger partial charge is 0.467 e. The molecule has 1 aliphatic heterocycles. The van der Waals surface area contributed by atoms with Gasteiger partial charge in [-0.05, 0) is 44.9 Å². The van der Waals surface area contributed by atoms with Crippen LogP contribution in [-0.4, -0.2) is 50.6 Å². The summed E-state index contributed by atoms with van der Waals surface area (Å²) in [7, 11) is 0. The fourth-order valence-electron chi connectivity index (χ4n) is 3.04. The van der Waals surface area contributed by atoms with E-state index in [1.54, 1.807) is 18.2 Å². The maximum absolute atomic E-state index is 13.1. The highest BCUT2D eigenvalue weighted by Gasteiger charge is 2.24. The summed E-state index contributed by atoms with van der Waals surface area (Å²) >= 11 is 0. The van der Waals surface area contributed by atoms with Crippen molar-refractivity contribution in [2.75, 3.05) is 26.8 Å². The van der Waals surface area contributed by atoms with E-state index in [2.05, 4.69) is 0 Å². The van der Waals surface area contributed by atoms with Crippen molar-refractivity contribution in [3.63, 3.8) is 0 Å². The van der Waals surface area contributed by atoms with Crippen molar-refractivity contribution in [2.24, 2.45) is 5.73 Å². The third-order valence-corrected chi connectivity index (χ3v) is 4.64. The van der Waals surface area contributed by atoms with E-state index in [1.165, 1.54) is 0 Å². The Kier molecular flexibility index (Phi) is 10.9. The van der Waals surface area contributed by atoms with Gasteiger partial charge >= 0.3 is 5.97 Å². The van der Waals surface area contributed by atoms with Crippen molar-refractivity contribution in [1.29, 1.82) is 5.41 Å². The first-order valence-electron chi connectivity index (χ1n) is 10.9. The van der Waals surface area contributed by atoms with Gasteiger partial charge < -0.3 is 34.8 Å². The predicted molar refractivity (Wildman–Crippen MR) is 122 cm³/mol. The number of rotatable bonds is 8. The Balaban J connectivity index is 2.46. The van der Waals surface area contributed by atoms with Crippen LogP contribution in [0, 0.1) is 5.41 Å². The lowest BCUT2D eigenvalue weighted by atomic mass is 9.99. The molecule has 2 atom stereocenters. The summed E-state index contributed by atoms with van der Waals surface area (Å²) in [6.45, 7) is 6.55. The van der Waals surface area contributed by atoms with Gasteiger partial charge in [0, 0.05) is 43.9 Å². The molecule has 1 aliphatic rings. The molecule has 0 aromatic heterocycles. The predicted octanol–water partition coefficient (Wildman–Crippen LogP) is 3.77. The van der Waals surface area contributed by atoms with Crippen molar-refractivity contribution in [1.82, 2.24) is 0 Å². The number of fused-ring (bicyclic) bond motifs is 1.